The van der Waals surface area contributed by atoms with E-state index in [1.807, 2.05) is 0 Å². The molecule has 0 aliphatic heterocycles. The van der Waals surface area contributed by atoms with Crippen LogP contribution in [0.1, 0.15) is 317 Å². The number of nitrogens with zero attached hydrogens (tertiary/aromatic N) is 2. The highest BCUT2D eigenvalue weighted by molar-refractivity contribution is 5.85. The molecule has 0 amide bonds. The van der Waals surface area contributed by atoms with E-state index in [2.05, 4.69) is 51.6 Å². The molecule has 0 aromatic carbocycles. The predicted octanol–water partition coefficient (Wildman–Crippen LogP) is 19.7. The number of carboxylic acid groups (broad SMARTS) is 2. The van der Waals surface area contributed by atoms with Crippen molar-refractivity contribution in [1.29, 1.82) is 0 Å². The van der Waals surface area contributed by atoms with Gasteiger partial charge in [-0.15, -0.1) is 24.8 Å². The molecule has 0 rings (SSSR count). The number of hydrogen-bond acceptors (Lipinski definition) is 4. The third-order valence-electron chi connectivity index (χ3n) is 13.4. The Balaban J connectivity index is -0.000000296. The third-order valence-corrected chi connectivity index (χ3v) is 13.4. The van der Waals surface area contributed by atoms with Gasteiger partial charge in [-0.25, -0.2) is 0 Å². The number of carboxylic acids is 2. The normalized spacial score (nSPS) is 11.3. The zero-order valence-electron chi connectivity index (χ0n) is 45.9. The van der Waals surface area contributed by atoms with Gasteiger partial charge in [0.15, 0.2) is 0 Å². The first-order valence-corrected chi connectivity index (χ1v) is 29.0. The van der Waals surface area contributed by atoms with Gasteiger partial charge in [0, 0.05) is 6.42 Å². The summed E-state index contributed by atoms with van der Waals surface area (Å²) < 4.78 is 0. The van der Waals surface area contributed by atoms with Crippen molar-refractivity contribution in [2.45, 2.75) is 317 Å². The number of unbranched alkanes of at least 4 members (excludes halogenated alkanes) is 36. The third kappa shape index (κ3) is 70.0. The lowest BCUT2D eigenvalue weighted by atomic mass is 10.00. The van der Waals surface area contributed by atoms with Gasteiger partial charge in [0.05, 0.1) is 5.92 Å². The van der Waals surface area contributed by atoms with Gasteiger partial charge in [-0.05, 0) is 85.2 Å². The zero-order chi connectivity index (χ0) is 47.8. The molecule has 0 saturated heterocycles. The fourth-order valence-corrected chi connectivity index (χ4v) is 8.70. The van der Waals surface area contributed by atoms with Gasteiger partial charge in [-0.2, -0.15) is 0 Å². The van der Waals surface area contributed by atoms with Crippen molar-refractivity contribution < 1.29 is 19.8 Å². The van der Waals surface area contributed by atoms with E-state index in [-0.39, 0.29) is 37.2 Å². The van der Waals surface area contributed by atoms with Crippen LogP contribution in [0.15, 0.2) is 0 Å². The molecule has 6 nitrogen and oxygen atoms in total. The molecule has 0 heterocycles. The minimum absolute atomic E-state index is 0. The lowest BCUT2D eigenvalue weighted by molar-refractivity contribution is -0.143. The molecule has 0 bridgehead atoms. The summed E-state index contributed by atoms with van der Waals surface area (Å²) in [5, 5.41) is 16.9. The highest BCUT2D eigenvalue weighted by atomic mass is 35.5. The fraction of sp³-hybridized carbons (Fsp3) is 0.966. The Labute approximate surface area is 427 Å². The van der Waals surface area contributed by atoms with Gasteiger partial charge < -0.3 is 20.0 Å². The second kappa shape index (κ2) is 66.5. The number of halogens is 2. The first-order chi connectivity index (χ1) is 31.2. The molecular weight excluding hydrogens is 860 g/mol. The number of rotatable bonds is 50. The van der Waals surface area contributed by atoms with Crippen molar-refractivity contribution in [3.8, 4) is 0 Å². The Morgan fingerprint density at radius 3 is 0.697 bits per heavy atom. The summed E-state index contributed by atoms with van der Waals surface area (Å²) in [5.74, 6) is -2.08. The topological polar surface area (TPSA) is 81.1 Å². The van der Waals surface area contributed by atoms with Gasteiger partial charge in [0.2, 0.25) is 0 Å². The Hall–Kier alpha value is -0.560. The molecule has 1 unspecified atom stereocenters. The number of aliphatic carboxylic acids is 2. The van der Waals surface area contributed by atoms with Gasteiger partial charge in [-0.1, -0.05) is 266 Å². The molecule has 1 atom stereocenters. The molecule has 0 aliphatic rings. The van der Waals surface area contributed by atoms with Crippen LogP contribution in [0.3, 0.4) is 0 Å². The summed E-state index contributed by atoms with van der Waals surface area (Å²) in [7, 11) is 4.64. The quantitative estimate of drug-likeness (QED) is 0.0591. The van der Waals surface area contributed by atoms with Crippen LogP contribution in [0.2, 0.25) is 0 Å². The van der Waals surface area contributed by atoms with Crippen molar-refractivity contribution in [2.24, 2.45) is 5.92 Å². The van der Waals surface area contributed by atoms with Crippen molar-refractivity contribution in [3.05, 3.63) is 0 Å². The molecule has 0 radical (unpaired) electrons. The second-order valence-corrected chi connectivity index (χ2v) is 20.1. The second-order valence-electron chi connectivity index (χ2n) is 20.1. The minimum atomic E-state index is -0.866. The highest BCUT2D eigenvalue weighted by Gasteiger charge is 2.14. The summed E-state index contributed by atoms with van der Waals surface area (Å²) in [5.41, 5.74) is 0. The lowest BCUT2D eigenvalue weighted by Gasteiger charge is -2.16. The first kappa shape index (κ1) is 74.4. The van der Waals surface area contributed by atoms with E-state index in [0.717, 1.165) is 0 Å². The van der Waals surface area contributed by atoms with E-state index in [9.17, 15) is 9.59 Å². The van der Waals surface area contributed by atoms with Crippen LogP contribution in [-0.4, -0.2) is 72.2 Å². The summed E-state index contributed by atoms with van der Waals surface area (Å²) in [6.07, 6.45) is 59.3. The van der Waals surface area contributed by atoms with E-state index in [1.54, 1.807) is 6.92 Å². The molecule has 0 aliphatic carbocycles. The van der Waals surface area contributed by atoms with E-state index < -0.39 is 11.9 Å². The molecule has 66 heavy (non-hydrogen) atoms. The Kier molecular flexibility index (Phi) is 75.0. The minimum Gasteiger partial charge on any atom is -0.481 e. The SMILES string of the molecule is CCC(CCCC(=O)O)C(=O)O.CCCCCCCCCCCCN(C)CCCCCCCCCCCC.CCCCCCCCCCCCN(C)CCCCCCCCCCCC.Cl.Cl. The Morgan fingerprint density at radius 2 is 0.530 bits per heavy atom. The summed E-state index contributed by atoms with van der Waals surface area (Å²) >= 11 is 0. The predicted molar refractivity (Wildman–Crippen MR) is 300 cm³/mol. The number of carbonyl (C=O) groups is 2. The van der Waals surface area contributed by atoms with Crippen LogP contribution in [0.25, 0.3) is 0 Å². The zero-order valence-corrected chi connectivity index (χ0v) is 47.6. The van der Waals surface area contributed by atoms with Crippen molar-refractivity contribution in [3.63, 3.8) is 0 Å². The van der Waals surface area contributed by atoms with Crippen LogP contribution < -0.4 is 0 Å². The van der Waals surface area contributed by atoms with Gasteiger partial charge in [-0.3, -0.25) is 9.59 Å². The molecule has 0 aromatic rings. The van der Waals surface area contributed by atoms with Crippen LogP contribution >= 0.6 is 24.8 Å². The summed E-state index contributed by atoms with van der Waals surface area (Å²) in [4.78, 5) is 25.7. The van der Waals surface area contributed by atoms with Crippen molar-refractivity contribution in [2.75, 3.05) is 40.3 Å². The molecule has 402 valence electrons. The first-order valence-electron chi connectivity index (χ1n) is 29.0. The molecule has 0 saturated carbocycles. The van der Waals surface area contributed by atoms with Crippen LogP contribution in [-0.2, 0) is 9.59 Å². The van der Waals surface area contributed by atoms with Crippen LogP contribution in [0.4, 0.5) is 0 Å². The lowest BCUT2D eigenvalue weighted by Crippen LogP contribution is -2.20. The van der Waals surface area contributed by atoms with Crippen molar-refractivity contribution in [1.82, 2.24) is 9.80 Å². The van der Waals surface area contributed by atoms with Crippen molar-refractivity contribution >= 4 is 36.8 Å². The standard InChI is InChI=1S/2C25H53N.C8H14O4.2ClH/c2*1-4-6-8-10-12-14-16-18-20-22-24-26(3)25-23-21-19-17-15-13-11-9-7-5-2;1-2-6(8(11)12)4-3-5-7(9)10;;/h2*4-25H2,1-3H3;6H,2-5H2,1H3,(H,9,10)(H,11,12);2*1H. The highest BCUT2D eigenvalue weighted by Crippen LogP contribution is 2.15. The maximum Gasteiger partial charge on any atom is 0.306 e. The molecule has 0 spiro atoms. The molecule has 8 heteroatoms. The molecule has 2 N–H and O–H groups in total. The van der Waals surface area contributed by atoms with E-state index in [4.69, 9.17) is 10.2 Å². The van der Waals surface area contributed by atoms with Gasteiger partial charge in [0.25, 0.3) is 0 Å². The van der Waals surface area contributed by atoms with E-state index >= 15 is 0 Å². The monoisotopic (exact) mass is 981 g/mol. The summed E-state index contributed by atoms with van der Waals surface area (Å²) in [6, 6.07) is 0. The fourth-order valence-electron chi connectivity index (χ4n) is 8.70. The van der Waals surface area contributed by atoms with Gasteiger partial charge in [0.1, 0.15) is 0 Å². The average molecular weight is 983 g/mol. The van der Waals surface area contributed by atoms with E-state index in [1.165, 1.54) is 283 Å². The Morgan fingerprint density at radius 1 is 0.333 bits per heavy atom. The number of hydrogen-bond donors (Lipinski definition) is 2. The van der Waals surface area contributed by atoms with E-state index in [0.29, 0.717) is 19.3 Å². The smallest absolute Gasteiger partial charge is 0.306 e. The van der Waals surface area contributed by atoms with Gasteiger partial charge >= 0.3 is 11.9 Å². The molecule has 0 aromatic heterocycles. The summed E-state index contributed by atoms with van der Waals surface area (Å²) in [6.45, 7) is 16.2. The maximum atomic E-state index is 10.5. The molecular formula is C58H122Cl2N2O4. The maximum absolute atomic E-state index is 10.5. The largest absolute Gasteiger partial charge is 0.481 e. The average Bonchev–Trinajstić information content (AvgIpc) is 3.28. The van der Waals surface area contributed by atoms with Crippen LogP contribution in [0.5, 0.6) is 0 Å². The molecule has 0 fully saturated rings. The Bertz CT molecular complexity index is 784. The van der Waals surface area contributed by atoms with Crippen LogP contribution in [0, 0.1) is 5.92 Å².